The standard InChI is InChI=1S/C19H14F2N2OS/c1-10(2)25-18-4-3-11(9-22)5-13(18)15-8-17(24)19-14(21)6-12(20)7-16(19)23-15/h3-8,10H,1-2H3,(H,23,24). The predicted octanol–water partition coefficient (Wildman–Crippen LogP) is 4.85. The zero-order chi connectivity index (χ0) is 18.1. The van der Waals surface area contributed by atoms with Crippen molar-refractivity contribution in [3.63, 3.8) is 0 Å². The van der Waals surface area contributed by atoms with Gasteiger partial charge in [0.2, 0.25) is 0 Å². The number of aromatic amines is 1. The Morgan fingerprint density at radius 2 is 1.92 bits per heavy atom. The van der Waals surface area contributed by atoms with Crippen molar-refractivity contribution in [2.45, 2.75) is 24.0 Å². The highest BCUT2D eigenvalue weighted by Crippen LogP contribution is 2.34. The first-order valence-electron chi connectivity index (χ1n) is 7.62. The number of aromatic nitrogens is 1. The van der Waals surface area contributed by atoms with Crippen molar-refractivity contribution in [1.82, 2.24) is 4.98 Å². The summed E-state index contributed by atoms with van der Waals surface area (Å²) in [7, 11) is 0. The number of nitrogens with zero attached hydrogens (tertiary/aromatic N) is 1. The Morgan fingerprint density at radius 3 is 2.60 bits per heavy atom. The second-order valence-corrected chi connectivity index (χ2v) is 7.47. The quantitative estimate of drug-likeness (QED) is 0.683. The number of thioether (sulfide) groups is 1. The first kappa shape index (κ1) is 17.2. The number of rotatable bonds is 3. The Morgan fingerprint density at radius 1 is 1.16 bits per heavy atom. The molecule has 0 atom stereocenters. The summed E-state index contributed by atoms with van der Waals surface area (Å²) in [5, 5.41) is 9.26. The molecule has 1 aromatic heterocycles. The highest BCUT2D eigenvalue weighted by Gasteiger charge is 2.14. The zero-order valence-electron chi connectivity index (χ0n) is 13.6. The van der Waals surface area contributed by atoms with Crippen LogP contribution in [0.4, 0.5) is 8.78 Å². The topological polar surface area (TPSA) is 56.6 Å². The number of hydrogen-bond acceptors (Lipinski definition) is 3. The number of fused-ring (bicyclic) bond motifs is 1. The van der Waals surface area contributed by atoms with Crippen LogP contribution in [0, 0.1) is 23.0 Å². The van der Waals surface area contributed by atoms with Crippen molar-refractivity contribution < 1.29 is 8.78 Å². The van der Waals surface area contributed by atoms with Crippen molar-refractivity contribution in [2.24, 2.45) is 0 Å². The molecule has 1 N–H and O–H groups in total. The summed E-state index contributed by atoms with van der Waals surface area (Å²) >= 11 is 1.58. The summed E-state index contributed by atoms with van der Waals surface area (Å²) in [5.74, 6) is -1.66. The van der Waals surface area contributed by atoms with Crippen molar-refractivity contribution in [3.8, 4) is 17.3 Å². The maximum atomic E-state index is 13.9. The lowest BCUT2D eigenvalue weighted by Crippen LogP contribution is -2.06. The van der Waals surface area contributed by atoms with Crippen LogP contribution in [0.5, 0.6) is 0 Å². The number of hydrogen-bond donors (Lipinski definition) is 1. The summed E-state index contributed by atoms with van der Waals surface area (Å²) in [5.41, 5.74) is 1.06. The molecule has 3 aromatic rings. The smallest absolute Gasteiger partial charge is 0.192 e. The average molecular weight is 356 g/mol. The highest BCUT2D eigenvalue weighted by atomic mass is 32.2. The van der Waals surface area contributed by atoms with E-state index in [0.717, 1.165) is 11.0 Å². The SMILES string of the molecule is CC(C)Sc1ccc(C#N)cc1-c1cc(=O)c2c(F)cc(F)cc2[nH]1. The van der Waals surface area contributed by atoms with Crippen LogP contribution in [0.3, 0.4) is 0 Å². The van der Waals surface area contributed by atoms with Gasteiger partial charge in [0.25, 0.3) is 0 Å². The fourth-order valence-electron chi connectivity index (χ4n) is 2.62. The molecule has 0 saturated carbocycles. The molecule has 0 aliphatic heterocycles. The maximum Gasteiger partial charge on any atom is 0.192 e. The fourth-order valence-corrected chi connectivity index (χ4v) is 3.57. The van der Waals surface area contributed by atoms with Crippen LogP contribution in [-0.4, -0.2) is 10.2 Å². The normalized spacial score (nSPS) is 11.0. The van der Waals surface area contributed by atoms with E-state index in [1.54, 1.807) is 23.9 Å². The molecule has 0 aliphatic rings. The molecule has 0 aliphatic carbocycles. The van der Waals surface area contributed by atoms with E-state index in [0.29, 0.717) is 22.9 Å². The zero-order valence-corrected chi connectivity index (χ0v) is 14.4. The number of halogens is 2. The van der Waals surface area contributed by atoms with Gasteiger partial charge >= 0.3 is 0 Å². The highest BCUT2D eigenvalue weighted by molar-refractivity contribution is 8.00. The predicted molar refractivity (Wildman–Crippen MR) is 95.6 cm³/mol. The van der Waals surface area contributed by atoms with Crippen molar-refractivity contribution in [1.29, 1.82) is 5.26 Å². The molecule has 0 amide bonds. The minimum absolute atomic E-state index is 0.0860. The first-order chi connectivity index (χ1) is 11.9. The van der Waals surface area contributed by atoms with E-state index in [-0.39, 0.29) is 16.2 Å². The molecule has 6 heteroatoms. The summed E-state index contributed by atoms with van der Waals surface area (Å²) < 4.78 is 27.4. The van der Waals surface area contributed by atoms with Crippen LogP contribution < -0.4 is 5.43 Å². The maximum absolute atomic E-state index is 13.9. The van der Waals surface area contributed by atoms with Crippen LogP contribution in [0.1, 0.15) is 19.4 Å². The van der Waals surface area contributed by atoms with E-state index in [4.69, 9.17) is 5.26 Å². The van der Waals surface area contributed by atoms with E-state index in [1.807, 2.05) is 19.9 Å². The van der Waals surface area contributed by atoms with Gasteiger partial charge in [-0.15, -0.1) is 11.8 Å². The summed E-state index contributed by atoms with van der Waals surface area (Å²) in [4.78, 5) is 16.1. The largest absolute Gasteiger partial charge is 0.354 e. The van der Waals surface area contributed by atoms with E-state index in [2.05, 4.69) is 11.1 Å². The van der Waals surface area contributed by atoms with Gasteiger partial charge in [-0.05, 0) is 24.3 Å². The van der Waals surface area contributed by atoms with Gasteiger partial charge < -0.3 is 4.98 Å². The Bertz CT molecular complexity index is 1070. The molecule has 2 aromatic carbocycles. The number of nitrogens with one attached hydrogen (secondary N) is 1. The van der Waals surface area contributed by atoms with Gasteiger partial charge in [0.15, 0.2) is 5.43 Å². The van der Waals surface area contributed by atoms with Crippen LogP contribution in [-0.2, 0) is 0 Å². The van der Waals surface area contributed by atoms with Gasteiger partial charge in [0.1, 0.15) is 11.6 Å². The Labute approximate surface area is 147 Å². The first-order valence-corrected chi connectivity index (χ1v) is 8.50. The molecule has 0 saturated heterocycles. The number of nitriles is 1. The van der Waals surface area contributed by atoms with Crippen LogP contribution in [0.2, 0.25) is 0 Å². The van der Waals surface area contributed by atoms with Crippen LogP contribution in [0.15, 0.2) is 46.1 Å². The minimum Gasteiger partial charge on any atom is -0.354 e. The Kier molecular flexibility index (Phi) is 4.60. The molecule has 3 rings (SSSR count). The molecule has 0 fully saturated rings. The van der Waals surface area contributed by atoms with Gasteiger partial charge in [0, 0.05) is 27.8 Å². The molecule has 0 spiro atoms. The fraction of sp³-hybridized carbons (Fsp3) is 0.158. The molecule has 0 radical (unpaired) electrons. The van der Waals surface area contributed by atoms with Crippen LogP contribution >= 0.6 is 11.8 Å². The van der Waals surface area contributed by atoms with Gasteiger partial charge in [-0.1, -0.05) is 13.8 Å². The van der Waals surface area contributed by atoms with Crippen molar-refractivity contribution in [2.75, 3.05) is 0 Å². The van der Waals surface area contributed by atoms with Crippen molar-refractivity contribution >= 4 is 22.7 Å². The lowest BCUT2D eigenvalue weighted by molar-refractivity contribution is 0.591. The summed E-state index contributed by atoms with van der Waals surface area (Å²) in [6.07, 6.45) is 0. The molecular weight excluding hydrogens is 342 g/mol. The number of H-pyrrole nitrogens is 1. The molecular formula is C19H14F2N2OS. The number of pyridine rings is 1. The van der Waals surface area contributed by atoms with E-state index in [1.165, 1.54) is 6.07 Å². The van der Waals surface area contributed by atoms with Gasteiger partial charge in [0.05, 0.1) is 28.2 Å². The summed E-state index contributed by atoms with van der Waals surface area (Å²) in [6.45, 7) is 4.06. The molecule has 25 heavy (non-hydrogen) atoms. The third-order valence-electron chi connectivity index (χ3n) is 3.61. The molecule has 3 nitrogen and oxygen atoms in total. The Balaban J connectivity index is 2.29. The molecule has 126 valence electrons. The lowest BCUT2D eigenvalue weighted by Gasteiger charge is -2.13. The van der Waals surface area contributed by atoms with Crippen molar-refractivity contribution in [3.05, 3.63) is 63.8 Å². The van der Waals surface area contributed by atoms with Gasteiger partial charge in [-0.3, -0.25) is 4.79 Å². The minimum atomic E-state index is -0.898. The van der Waals surface area contributed by atoms with E-state index in [9.17, 15) is 13.6 Å². The lowest BCUT2D eigenvalue weighted by atomic mass is 10.1. The monoisotopic (exact) mass is 356 g/mol. The van der Waals surface area contributed by atoms with E-state index >= 15 is 0 Å². The van der Waals surface area contributed by atoms with Gasteiger partial charge in [-0.25, -0.2) is 8.78 Å². The third kappa shape index (κ3) is 3.42. The molecule has 0 unspecified atom stereocenters. The second kappa shape index (κ2) is 6.69. The Hall–Kier alpha value is -2.65. The summed E-state index contributed by atoms with van der Waals surface area (Å²) in [6, 6.07) is 10.3. The molecule has 1 heterocycles. The second-order valence-electron chi connectivity index (χ2n) is 5.85. The third-order valence-corrected chi connectivity index (χ3v) is 4.69. The van der Waals surface area contributed by atoms with Crippen LogP contribution in [0.25, 0.3) is 22.2 Å². The van der Waals surface area contributed by atoms with Gasteiger partial charge in [-0.2, -0.15) is 5.26 Å². The average Bonchev–Trinajstić information content (AvgIpc) is 2.53. The number of benzene rings is 2. The molecule has 0 bridgehead atoms. The van der Waals surface area contributed by atoms with E-state index < -0.39 is 17.1 Å².